The van der Waals surface area contributed by atoms with E-state index in [0.717, 1.165) is 34.3 Å². The van der Waals surface area contributed by atoms with Crippen molar-refractivity contribution in [3.63, 3.8) is 0 Å². The van der Waals surface area contributed by atoms with Gasteiger partial charge in [0.2, 0.25) is 0 Å². The van der Waals surface area contributed by atoms with Gasteiger partial charge in [0, 0.05) is 0 Å². The molecule has 0 saturated carbocycles. The Bertz CT molecular complexity index is 792. The molecule has 0 aliphatic rings. The molecule has 0 amide bonds. The number of hydrazone groups is 1. The SMILES string of the molecule is CCCCCCCCCOc1ccc(C=NNc2ccc(C(F)(F)F)cc2)cc1Br. The lowest BCUT2D eigenvalue weighted by Gasteiger charge is -2.09. The maximum absolute atomic E-state index is 12.6. The van der Waals surface area contributed by atoms with Gasteiger partial charge >= 0.3 is 6.18 Å². The van der Waals surface area contributed by atoms with Crippen LogP contribution in [0.3, 0.4) is 0 Å². The van der Waals surface area contributed by atoms with Crippen molar-refractivity contribution >= 4 is 27.8 Å². The Labute approximate surface area is 184 Å². The summed E-state index contributed by atoms with van der Waals surface area (Å²) in [4.78, 5) is 0. The molecule has 3 nitrogen and oxygen atoms in total. The standard InChI is InChI=1S/C23H28BrF3N2O/c1-2-3-4-5-6-7-8-15-30-22-14-9-18(16-21(22)24)17-28-29-20-12-10-19(11-13-20)23(25,26)27/h9-14,16-17,29H,2-8,15H2,1H3. The molecule has 30 heavy (non-hydrogen) atoms. The zero-order valence-electron chi connectivity index (χ0n) is 17.1. The van der Waals surface area contributed by atoms with Crippen LogP contribution in [0.25, 0.3) is 0 Å². The number of hydrogen-bond donors (Lipinski definition) is 1. The van der Waals surface area contributed by atoms with E-state index in [-0.39, 0.29) is 0 Å². The molecule has 2 aromatic carbocycles. The number of alkyl halides is 3. The van der Waals surface area contributed by atoms with Gasteiger partial charge in [0.15, 0.2) is 0 Å². The number of rotatable bonds is 12. The molecule has 164 valence electrons. The van der Waals surface area contributed by atoms with Crippen LogP contribution in [0.5, 0.6) is 5.75 Å². The number of halogens is 4. The van der Waals surface area contributed by atoms with Gasteiger partial charge in [0.1, 0.15) is 5.75 Å². The third-order valence-corrected chi connectivity index (χ3v) is 5.20. The average Bonchev–Trinajstić information content (AvgIpc) is 2.71. The number of unbranched alkanes of at least 4 members (excludes halogenated alkanes) is 6. The quantitative estimate of drug-likeness (QED) is 0.188. The highest BCUT2D eigenvalue weighted by atomic mass is 79.9. The fourth-order valence-electron chi connectivity index (χ4n) is 2.87. The first-order valence-corrected chi connectivity index (χ1v) is 11.1. The molecule has 0 spiro atoms. The van der Waals surface area contributed by atoms with Crippen molar-refractivity contribution < 1.29 is 17.9 Å². The van der Waals surface area contributed by atoms with Crippen molar-refractivity contribution in [1.29, 1.82) is 0 Å². The van der Waals surface area contributed by atoms with Crippen molar-refractivity contribution in [3.8, 4) is 5.75 Å². The number of nitrogens with zero attached hydrogens (tertiary/aromatic N) is 1. The molecule has 2 rings (SSSR count). The van der Waals surface area contributed by atoms with Gasteiger partial charge < -0.3 is 4.74 Å². The van der Waals surface area contributed by atoms with Gasteiger partial charge in [-0.25, -0.2) is 0 Å². The minimum atomic E-state index is -4.34. The van der Waals surface area contributed by atoms with E-state index in [2.05, 4.69) is 33.4 Å². The summed E-state index contributed by atoms with van der Waals surface area (Å²) in [5, 5.41) is 4.07. The van der Waals surface area contributed by atoms with Crippen LogP contribution in [0.15, 0.2) is 52.0 Å². The molecule has 1 N–H and O–H groups in total. The highest BCUT2D eigenvalue weighted by Gasteiger charge is 2.29. The van der Waals surface area contributed by atoms with Gasteiger partial charge in [-0.3, -0.25) is 5.43 Å². The predicted molar refractivity (Wildman–Crippen MR) is 120 cm³/mol. The second kappa shape index (κ2) is 12.6. The van der Waals surface area contributed by atoms with Crippen molar-refractivity contribution in [3.05, 3.63) is 58.1 Å². The van der Waals surface area contributed by atoms with E-state index in [0.29, 0.717) is 12.3 Å². The average molecular weight is 485 g/mol. The first-order valence-electron chi connectivity index (χ1n) is 10.3. The maximum Gasteiger partial charge on any atom is 0.416 e. The molecule has 0 heterocycles. The van der Waals surface area contributed by atoms with Gasteiger partial charge in [-0.15, -0.1) is 0 Å². The van der Waals surface area contributed by atoms with Crippen LogP contribution in [0.2, 0.25) is 0 Å². The van der Waals surface area contributed by atoms with Crippen LogP contribution in [-0.4, -0.2) is 12.8 Å². The predicted octanol–water partition coefficient (Wildman–Crippen LogP) is 8.04. The highest BCUT2D eigenvalue weighted by Crippen LogP contribution is 2.30. The molecular formula is C23H28BrF3N2O. The fourth-order valence-corrected chi connectivity index (χ4v) is 3.38. The molecule has 2 aromatic rings. The van der Waals surface area contributed by atoms with Crippen molar-refractivity contribution in [2.75, 3.05) is 12.0 Å². The van der Waals surface area contributed by atoms with Crippen LogP contribution in [0, 0.1) is 0 Å². The lowest BCUT2D eigenvalue weighted by atomic mass is 10.1. The molecule has 0 fully saturated rings. The molecule has 0 aliphatic heterocycles. The largest absolute Gasteiger partial charge is 0.492 e. The smallest absolute Gasteiger partial charge is 0.416 e. The third kappa shape index (κ3) is 8.78. The lowest BCUT2D eigenvalue weighted by molar-refractivity contribution is -0.137. The zero-order chi connectivity index (χ0) is 21.8. The van der Waals surface area contributed by atoms with Gasteiger partial charge in [-0.05, 0) is 70.4 Å². The summed E-state index contributed by atoms with van der Waals surface area (Å²) in [6.07, 6.45) is 5.94. The molecule has 0 atom stereocenters. The van der Waals surface area contributed by atoms with E-state index in [1.54, 1.807) is 6.21 Å². The molecule has 0 radical (unpaired) electrons. The molecule has 0 unspecified atom stereocenters. The Morgan fingerprint density at radius 2 is 1.63 bits per heavy atom. The Kier molecular flexibility index (Phi) is 10.2. The second-order valence-electron chi connectivity index (χ2n) is 7.10. The molecular weight excluding hydrogens is 457 g/mol. The minimum absolute atomic E-state index is 0.480. The second-order valence-corrected chi connectivity index (χ2v) is 7.96. The summed E-state index contributed by atoms with van der Waals surface area (Å²) in [7, 11) is 0. The van der Waals surface area contributed by atoms with Crippen LogP contribution < -0.4 is 10.2 Å². The van der Waals surface area contributed by atoms with Crippen LogP contribution >= 0.6 is 15.9 Å². The van der Waals surface area contributed by atoms with Crippen LogP contribution in [-0.2, 0) is 6.18 Å². The van der Waals surface area contributed by atoms with Gasteiger partial charge in [-0.1, -0.05) is 45.4 Å². The molecule has 0 bridgehead atoms. The third-order valence-electron chi connectivity index (χ3n) is 4.58. The number of benzene rings is 2. The summed E-state index contributed by atoms with van der Waals surface area (Å²) >= 11 is 3.51. The van der Waals surface area contributed by atoms with Gasteiger partial charge in [0.25, 0.3) is 0 Å². The fraction of sp³-hybridized carbons (Fsp3) is 0.435. The molecule has 0 aromatic heterocycles. The van der Waals surface area contributed by atoms with E-state index < -0.39 is 11.7 Å². The summed E-state index contributed by atoms with van der Waals surface area (Å²) < 4.78 is 44.4. The number of ether oxygens (including phenoxy) is 1. The monoisotopic (exact) mass is 484 g/mol. The summed E-state index contributed by atoms with van der Waals surface area (Å²) in [5.74, 6) is 0.786. The van der Waals surface area contributed by atoms with Crippen molar-refractivity contribution in [1.82, 2.24) is 0 Å². The Morgan fingerprint density at radius 1 is 0.967 bits per heavy atom. The van der Waals surface area contributed by atoms with Crippen molar-refractivity contribution in [2.45, 2.75) is 58.0 Å². The van der Waals surface area contributed by atoms with E-state index >= 15 is 0 Å². The molecule has 0 saturated heterocycles. The van der Waals surface area contributed by atoms with E-state index in [9.17, 15) is 13.2 Å². The van der Waals surface area contributed by atoms with E-state index in [4.69, 9.17) is 4.74 Å². The number of anilines is 1. The lowest BCUT2D eigenvalue weighted by Crippen LogP contribution is -2.04. The van der Waals surface area contributed by atoms with Crippen molar-refractivity contribution in [2.24, 2.45) is 5.10 Å². The van der Waals surface area contributed by atoms with Gasteiger partial charge in [-0.2, -0.15) is 18.3 Å². The van der Waals surface area contributed by atoms with Gasteiger partial charge in [0.05, 0.1) is 28.5 Å². The Hall–Kier alpha value is -2.02. The Balaban J connectivity index is 1.75. The van der Waals surface area contributed by atoms with Crippen LogP contribution in [0.1, 0.15) is 63.0 Å². The summed E-state index contributed by atoms with van der Waals surface area (Å²) in [6.45, 7) is 2.91. The number of hydrogen-bond acceptors (Lipinski definition) is 3. The summed E-state index contributed by atoms with van der Waals surface area (Å²) in [6, 6.07) is 10.4. The summed E-state index contributed by atoms with van der Waals surface area (Å²) in [5.41, 5.74) is 3.36. The number of nitrogens with one attached hydrogen (secondary N) is 1. The first kappa shape index (κ1) is 24.3. The van der Waals surface area contributed by atoms with E-state index in [1.807, 2.05) is 18.2 Å². The Morgan fingerprint density at radius 3 is 2.27 bits per heavy atom. The van der Waals surface area contributed by atoms with Crippen LogP contribution in [0.4, 0.5) is 18.9 Å². The van der Waals surface area contributed by atoms with E-state index in [1.165, 1.54) is 50.7 Å². The molecule has 0 aliphatic carbocycles. The topological polar surface area (TPSA) is 33.6 Å². The molecule has 7 heteroatoms. The first-order chi connectivity index (χ1) is 14.4. The zero-order valence-corrected chi connectivity index (χ0v) is 18.7. The normalized spacial score (nSPS) is 11.8. The maximum atomic E-state index is 12.6. The highest BCUT2D eigenvalue weighted by molar-refractivity contribution is 9.10. The minimum Gasteiger partial charge on any atom is -0.492 e.